The van der Waals surface area contributed by atoms with Gasteiger partial charge in [-0.15, -0.1) is 0 Å². The van der Waals surface area contributed by atoms with Crippen molar-refractivity contribution >= 4 is 50.2 Å². The highest BCUT2D eigenvalue weighted by molar-refractivity contribution is 6.15. The second kappa shape index (κ2) is 17.4. The predicted molar refractivity (Wildman–Crippen MR) is 308 cm³/mol. The van der Waals surface area contributed by atoms with Crippen LogP contribution in [0.4, 0.5) is 11.4 Å². The van der Waals surface area contributed by atoms with Crippen molar-refractivity contribution in [1.29, 1.82) is 0 Å². The summed E-state index contributed by atoms with van der Waals surface area (Å²) < 4.78 is 6.66. The number of benzene rings is 11. The Labute approximate surface area is 431 Å². The highest BCUT2D eigenvalue weighted by atomic mass is 16.3. The van der Waals surface area contributed by atoms with E-state index in [0.29, 0.717) is 0 Å². The fraction of sp³-hybridized carbons (Fsp3) is 0.0278. The number of anilines is 2. The zero-order valence-corrected chi connectivity index (χ0v) is 40.7. The maximum atomic E-state index is 6.66. The molecule has 0 amide bonds. The van der Waals surface area contributed by atoms with Crippen molar-refractivity contribution in [2.24, 2.45) is 0 Å². The molecule has 0 atom stereocenters. The summed E-state index contributed by atoms with van der Waals surface area (Å²) in [6.07, 6.45) is 8.47. The lowest BCUT2D eigenvalue weighted by atomic mass is 9.67. The van der Waals surface area contributed by atoms with Gasteiger partial charge in [0.2, 0.25) is 0 Å². The second-order valence-corrected chi connectivity index (χ2v) is 19.5. The third-order valence-electron chi connectivity index (χ3n) is 15.8. The first-order chi connectivity index (χ1) is 36.7. The second-order valence-electron chi connectivity index (χ2n) is 19.5. The van der Waals surface area contributed by atoms with Crippen LogP contribution in [-0.2, 0) is 10.8 Å². The summed E-state index contributed by atoms with van der Waals surface area (Å²) in [5.41, 5.74) is 19.5. The number of rotatable bonds is 10. The molecular weight excluding hydrogens is 895 g/mol. The zero-order valence-electron chi connectivity index (χ0n) is 40.7. The van der Waals surface area contributed by atoms with Crippen LogP contribution in [0.25, 0.3) is 61.0 Å². The third kappa shape index (κ3) is 6.38. The summed E-state index contributed by atoms with van der Waals surface area (Å²) in [5.74, 6) is 0. The molecule has 1 heterocycles. The van der Waals surface area contributed by atoms with Gasteiger partial charge >= 0.3 is 0 Å². The molecule has 2 nitrogen and oxygen atoms in total. The lowest BCUT2D eigenvalue weighted by Gasteiger charge is -2.36. The molecule has 0 saturated heterocycles. The Kier molecular flexibility index (Phi) is 10.2. The van der Waals surface area contributed by atoms with E-state index >= 15 is 0 Å². The van der Waals surface area contributed by atoms with Crippen LogP contribution < -0.4 is 4.90 Å². The van der Waals surface area contributed by atoms with Gasteiger partial charge in [0.05, 0.1) is 16.5 Å². The van der Waals surface area contributed by atoms with Gasteiger partial charge < -0.3 is 9.32 Å². The quantitative estimate of drug-likeness (QED) is 0.127. The molecule has 11 aromatic carbocycles. The van der Waals surface area contributed by atoms with Gasteiger partial charge in [-0.3, -0.25) is 0 Å². The summed E-state index contributed by atoms with van der Waals surface area (Å²) in [7, 11) is 0. The minimum Gasteiger partial charge on any atom is -0.455 e. The zero-order chi connectivity index (χ0) is 49.2. The van der Waals surface area contributed by atoms with Gasteiger partial charge in [-0.2, -0.15) is 0 Å². The van der Waals surface area contributed by atoms with E-state index in [-0.39, 0.29) is 0 Å². The van der Waals surface area contributed by atoms with Gasteiger partial charge in [0.25, 0.3) is 0 Å². The molecule has 0 unspecified atom stereocenters. The van der Waals surface area contributed by atoms with Crippen molar-refractivity contribution in [3.05, 3.63) is 341 Å². The third-order valence-corrected chi connectivity index (χ3v) is 15.8. The molecule has 14 rings (SSSR count). The van der Waals surface area contributed by atoms with E-state index in [9.17, 15) is 0 Å². The van der Waals surface area contributed by atoms with Crippen LogP contribution in [0.5, 0.6) is 0 Å². The molecule has 0 radical (unpaired) electrons. The van der Waals surface area contributed by atoms with E-state index < -0.39 is 10.8 Å². The largest absolute Gasteiger partial charge is 0.455 e. The minimum atomic E-state index is -0.602. The van der Waals surface area contributed by atoms with Crippen LogP contribution in [-0.4, -0.2) is 0 Å². The van der Waals surface area contributed by atoms with Gasteiger partial charge in [-0.1, -0.05) is 243 Å². The smallest absolute Gasteiger partial charge is 0.143 e. The Morgan fingerprint density at radius 1 is 0.419 bits per heavy atom. The van der Waals surface area contributed by atoms with E-state index in [1.54, 1.807) is 0 Å². The number of nitrogens with zero attached hydrogens (tertiary/aromatic N) is 1. The van der Waals surface area contributed by atoms with Crippen molar-refractivity contribution in [3.8, 4) is 22.3 Å². The van der Waals surface area contributed by atoms with E-state index in [2.05, 4.69) is 291 Å². The van der Waals surface area contributed by atoms with Gasteiger partial charge in [-0.25, -0.2) is 0 Å². The molecule has 0 N–H and O–H groups in total. The van der Waals surface area contributed by atoms with Gasteiger partial charge in [0.1, 0.15) is 11.2 Å². The van der Waals surface area contributed by atoms with Crippen molar-refractivity contribution < 1.29 is 4.42 Å². The Morgan fingerprint density at radius 3 is 1.64 bits per heavy atom. The highest BCUT2D eigenvalue weighted by Gasteiger charge is 2.49. The van der Waals surface area contributed by atoms with E-state index in [0.717, 1.165) is 55.3 Å². The van der Waals surface area contributed by atoms with Crippen LogP contribution in [0.2, 0.25) is 0 Å². The Balaban J connectivity index is 1.08. The first-order valence-electron chi connectivity index (χ1n) is 25.5. The highest BCUT2D eigenvalue weighted by Crippen LogP contribution is 2.61. The molecule has 0 aliphatic heterocycles. The molecule has 0 bridgehead atoms. The molecule has 348 valence electrons. The number of hydrogen-bond acceptors (Lipinski definition) is 2. The topological polar surface area (TPSA) is 16.4 Å². The molecule has 74 heavy (non-hydrogen) atoms. The van der Waals surface area contributed by atoms with Crippen LogP contribution in [0.3, 0.4) is 0 Å². The minimum absolute atomic E-state index is 0.593. The maximum absolute atomic E-state index is 6.66. The van der Waals surface area contributed by atoms with Crippen molar-refractivity contribution in [2.75, 3.05) is 4.90 Å². The fourth-order valence-corrected chi connectivity index (χ4v) is 12.8. The lowest BCUT2D eigenvalue weighted by molar-refractivity contribution is 0.672. The molecule has 2 aliphatic carbocycles. The van der Waals surface area contributed by atoms with Gasteiger partial charge in [0.15, 0.2) is 0 Å². The molecule has 2 aliphatic rings. The van der Waals surface area contributed by atoms with Gasteiger partial charge in [-0.05, 0) is 121 Å². The normalized spacial score (nSPS) is 14.0. The summed E-state index contributed by atoms with van der Waals surface area (Å²) in [6.45, 7) is 4.22. The first-order valence-corrected chi connectivity index (χ1v) is 25.5. The monoisotopic (exact) mass is 943 g/mol. The number of fused-ring (bicyclic) bond motifs is 11. The summed E-state index contributed by atoms with van der Waals surface area (Å²) in [5, 5.41) is 4.45. The number of hydrogen-bond donors (Lipinski definition) is 0. The molecule has 2 heteroatoms. The standard InChI is InChI=1S/C72H49NO/c1-2-3-32-55(46-49-40-45-68-62(47-49)60-43-41-50-23-16-17-33-57(50)70(60)74-68)73(56-42-44-59-58-34-18-20-36-63(58)72(66(59)48-56,53-28-12-6-13-29-53)54-30-14-7-15-31-54)67-39-22-38-65-69(67)61-35-19-21-37-64(61)71(65,51-24-8-4-9-25-51)52-26-10-5-11-27-52/h2-48H,1H2/b32-3-,55-46-. The molecule has 1 aromatic heterocycles. The summed E-state index contributed by atoms with van der Waals surface area (Å²) >= 11 is 0. The summed E-state index contributed by atoms with van der Waals surface area (Å²) in [4.78, 5) is 2.50. The predicted octanol–water partition coefficient (Wildman–Crippen LogP) is 18.4. The molecular formula is C72H49NO. The average molecular weight is 944 g/mol. The molecule has 0 spiro atoms. The van der Waals surface area contributed by atoms with Crippen LogP contribution in [0.15, 0.2) is 296 Å². The molecule has 0 fully saturated rings. The first kappa shape index (κ1) is 43.3. The molecule has 0 saturated carbocycles. The van der Waals surface area contributed by atoms with Crippen LogP contribution in [0.1, 0.15) is 50.1 Å². The van der Waals surface area contributed by atoms with Crippen LogP contribution >= 0.6 is 0 Å². The number of furan rings is 1. The Morgan fingerprint density at radius 2 is 0.973 bits per heavy atom. The van der Waals surface area contributed by atoms with Crippen molar-refractivity contribution in [1.82, 2.24) is 0 Å². The van der Waals surface area contributed by atoms with E-state index in [1.165, 1.54) is 66.8 Å². The fourth-order valence-electron chi connectivity index (χ4n) is 12.8. The maximum Gasteiger partial charge on any atom is 0.143 e. The van der Waals surface area contributed by atoms with E-state index in [4.69, 9.17) is 4.42 Å². The summed E-state index contributed by atoms with van der Waals surface area (Å²) in [6, 6.07) is 95.9. The van der Waals surface area contributed by atoms with Gasteiger partial charge in [0, 0.05) is 33.1 Å². The SMILES string of the molecule is C=C/C=C\C(=C\c1ccc2oc3c4ccccc4ccc3c2c1)N(c1ccc2c(c1)C(c1ccccc1)(c1ccccc1)c1ccccc1-2)c1cccc2c1-c1ccccc1C2(c1ccccc1)c1ccccc1. The average Bonchev–Trinajstić information content (AvgIpc) is 4.12. The van der Waals surface area contributed by atoms with Crippen molar-refractivity contribution in [2.45, 2.75) is 10.8 Å². The lowest BCUT2D eigenvalue weighted by Crippen LogP contribution is -2.29. The van der Waals surface area contributed by atoms with Crippen molar-refractivity contribution in [3.63, 3.8) is 0 Å². The Hall–Kier alpha value is -9.50. The molecule has 12 aromatic rings. The number of allylic oxidation sites excluding steroid dienone is 3. The Bertz CT molecular complexity index is 4120. The van der Waals surface area contributed by atoms with E-state index in [1.807, 2.05) is 6.08 Å². The van der Waals surface area contributed by atoms with Crippen LogP contribution in [0, 0.1) is 0 Å².